The van der Waals surface area contributed by atoms with Gasteiger partial charge in [0, 0.05) is 0 Å². The van der Waals surface area contributed by atoms with E-state index in [1.807, 2.05) is 0 Å². The van der Waals surface area contributed by atoms with Crippen molar-refractivity contribution < 1.29 is 135 Å². The van der Waals surface area contributed by atoms with E-state index in [1.54, 1.807) is 0 Å². The molecule has 15 heavy (non-hydrogen) atoms. The van der Waals surface area contributed by atoms with E-state index >= 15 is 0 Å². The molecule has 0 atom stereocenters. The summed E-state index contributed by atoms with van der Waals surface area (Å²) >= 11 is 0. The molecule has 0 saturated carbocycles. The Bertz CT molecular complexity index is 130. The topological polar surface area (TPSA) is 173 Å². The Balaban J connectivity index is -0.00000000827. The summed E-state index contributed by atoms with van der Waals surface area (Å²) in [6, 6.07) is 0. The van der Waals surface area contributed by atoms with Crippen LogP contribution in [-0.2, 0) is 13.4 Å². The number of hydrogen-bond donors (Lipinski definition) is 6. The van der Waals surface area contributed by atoms with Gasteiger partial charge in [0.05, 0.1) is 0 Å². The van der Waals surface area contributed by atoms with Crippen molar-refractivity contribution in [1.82, 2.24) is 0 Å². The molecule has 0 unspecified atom stereocenters. The average molecular weight is 306 g/mol. The Morgan fingerprint density at radius 3 is 0.533 bits per heavy atom. The Hall–Kier alpha value is 1.85. The van der Waals surface area contributed by atoms with Crippen LogP contribution in [0.25, 0.3) is 0 Å². The minimum atomic E-state index is -3.13. The second-order valence-corrected chi connectivity index (χ2v) is 2.54. The molecular formula is H9Na3O9Si3. The first kappa shape index (κ1) is 36.0. The number of rotatable bonds is 0. The van der Waals surface area contributed by atoms with E-state index in [-0.39, 0.29) is 93.0 Å². The van der Waals surface area contributed by atoms with Gasteiger partial charge in [-0.3, -0.25) is 13.4 Å². The minimum absolute atomic E-state index is 0. The molecule has 0 heterocycles. The van der Waals surface area contributed by atoms with Crippen molar-refractivity contribution in [3.05, 3.63) is 0 Å². The smallest absolute Gasteiger partial charge is 1.00 e. The van der Waals surface area contributed by atoms with Gasteiger partial charge >= 0.3 is 116 Å². The van der Waals surface area contributed by atoms with Gasteiger partial charge in [-0.05, 0) is 0 Å². The van der Waals surface area contributed by atoms with Crippen molar-refractivity contribution in [1.29, 1.82) is 0 Å². The van der Waals surface area contributed by atoms with E-state index in [4.69, 9.17) is 42.2 Å². The normalized spacial score (nSPS) is 4.80. The maximum Gasteiger partial charge on any atom is 1.00 e. The summed E-state index contributed by atoms with van der Waals surface area (Å²) in [6.07, 6.45) is 0. The molecule has 0 fully saturated rings. The first-order valence-corrected chi connectivity index (χ1v) is 5.86. The Kier molecular flexibility index (Phi) is 71.2. The molecule has 0 aromatic heterocycles. The van der Waals surface area contributed by atoms with Crippen LogP contribution in [0.15, 0.2) is 0 Å². The van der Waals surface area contributed by atoms with Crippen molar-refractivity contribution in [2.75, 3.05) is 0 Å². The van der Waals surface area contributed by atoms with Crippen LogP contribution in [0.2, 0.25) is 0 Å². The van der Waals surface area contributed by atoms with Gasteiger partial charge in [-0.1, -0.05) is 0 Å². The van der Waals surface area contributed by atoms with E-state index in [2.05, 4.69) is 0 Å². The second kappa shape index (κ2) is 29.7. The molecule has 0 spiro atoms. The van der Waals surface area contributed by atoms with Crippen molar-refractivity contribution in [2.24, 2.45) is 0 Å². The van der Waals surface area contributed by atoms with Crippen LogP contribution in [0.4, 0.5) is 0 Å². The summed E-state index contributed by atoms with van der Waals surface area (Å²) in [4.78, 5) is 42.9. The van der Waals surface area contributed by atoms with Crippen LogP contribution < -0.4 is 88.7 Å². The molecule has 0 rings (SSSR count). The Labute approximate surface area is 160 Å². The molecule has 9 nitrogen and oxygen atoms in total. The summed E-state index contributed by atoms with van der Waals surface area (Å²) < 4.78 is 26.2. The molecular weight excluding hydrogens is 297 g/mol. The van der Waals surface area contributed by atoms with Gasteiger partial charge in [0.2, 0.25) is 0 Å². The molecule has 0 aromatic carbocycles. The molecule has 0 aliphatic rings. The SMILES string of the molecule is O=[Si](O)O.O=[Si](O)O.O=[Si](O)O.[H-].[H-].[H-].[Na+].[Na+].[Na+]. The maximum atomic E-state index is 8.74. The van der Waals surface area contributed by atoms with Crippen LogP contribution in [0.1, 0.15) is 4.28 Å². The van der Waals surface area contributed by atoms with Crippen molar-refractivity contribution in [3.8, 4) is 0 Å². The largest absolute Gasteiger partial charge is 1.00 e. The summed E-state index contributed by atoms with van der Waals surface area (Å²) in [5.41, 5.74) is 0. The van der Waals surface area contributed by atoms with E-state index in [0.29, 0.717) is 0 Å². The zero-order chi connectivity index (χ0) is 10.7. The van der Waals surface area contributed by atoms with Gasteiger partial charge < -0.3 is 33.1 Å². The summed E-state index contributed by atoms with van der Waals surface area (Å²) in [5.74, 6) is 0. The Morgan fingerprint density at radius 1 is 0.533 bits per heavy atom. The van der Waals surface area contributed by atoms with Crippen molar-refractivity contribution in [2.45, 2.75) is 0 Å². The third-order valence-corrected chi connectivity index (χ3v) is 0. The first-order valence-electron chi connectivity index (χ1n) is 1.95. The van der Waals surface area contributed by atoms with E-state index < -0.39 is 27.5 Å². The molecule has 6 N–H and O–H groups in total. The molecule has 0 aliphatic heterocycles. The molecule has 0 aromatic rings. The van der Waals surface area contributed by atoms with Crippen LogP contribution in [0, 0.1) is 0 Å². The zero-order valence-electron chi connectivity index (χ0n) is 11.4. The molecule has 0 radical (unpaired) electrons. The first-order chi connectivity index (χ1) is 5.20. The monoisotopic (exact) mass is 306 g/mol. The van der Waals surface area contributed by atoms with Gasteiger partial charge in [-0.15, -0.1) is 0 Å². The van der Waals surface area contributed by atoms with Crippen LogP contribution in [0.3, 0.4) is 0 Å². The fraction of sp³-hybridized carbons (Fsp3) is 0. The average Bonchev–Trinajstić information content (AvgIpc) is 1.54. The minimum Gasteiger partial charge on any atom is -1.00 e. The maximum absolute atomic E-state index is 8.74. The van der Waals surface area contributed by atoms with Crippen molar-refractivity contribution >= 4 is 27.5 Å². The third-order valence-electron chi connectivity index (χ3n) is 0. The van der Waals surface area contributed by atoms with Gasteiger partial charge in [0.1, 0.15) is 0 Å². The van der Waals surface area contributed by atoms with Gasteiger partial charge in [0.15, 0.2) is 0 Å². The van der Waals surface area contributed by atoms with E-state index in [1.165, 1.54) is 0 Å². The van der Waals surface area contributed by atoms with Gasteiger partial charge in [-0.2, -0.15) is 0 Å². The van der Waals surface area contributed by atoms with Crippen molar-refractivity contribution in [3.63, 3.8) is 0 Å². The predicted molar refractivity (Wildman–Crippen MR) is 36.0 cm³/mol. The summed E-state index contributed by atoms with van der Waals surface area (Å²) in [7, 11) is -9.39. The fourth-order valence-electron chi connectivity index (χ4n) is 0. The fourth-order valence-corrected chi connectivity index (χ4v) is 0. The van der Waals surface area contributed by atoms with Crippen LogP contribution >= 0.6 is 0 Å². The second-order valence-electron chi connectivity index (χ2n) is 0.848. The third kappa shape index (κ3) is 888. The van der Waals surface area contributed by atoms with Gasteiger partial charge in [-0.25, -0.2) is 0 Å². The molecule has 0 saturated heterocycles. The summed E-state index contributed by atoms with van der Waals surface area (Å²) in [5, 5.41) is 0. The van der Waals surface area contributed by atoms with Crippen LogP contribution in [-0.4, -0.2) is 56.3 Å². The predicted octanol–water partition coefficient (Wildman–Crippen LogP) is -13.5. The molecule has 15 heteroatoms. The number of hydrogen-bond acceptors (Lipinski definition) is 3. The summed E-state index contributed by atoms with van der Waals surface area (Å²) in [6.45, 7) is 0. The molecule has 78 valence electrons. The quantitative estimate of drug-likeness (QED) is 0.237. The van der Waals surface area contributed by atoms with Gasteiger partial charge in [0.25, 0.3) is 0 Å². The zero-order valence-corrected chi connectivity index (χ0v) is 17.4. The molecule has 0 aliphatic carbocycles. The standard InChI is InChI=1S/3Na.3H2O3Si.3H/c;;;3*1-4(2)3;;;/h;;;3*1-2H;;;/q3*+1;;;;3*-1. The molecule has 0 bridgehead atoms. The van der Waals surface area contributed by atoms with E-state index in [0.717, 1.165) is 0 Å². The Morgan fingerprint density at radius 2 is 0.533 bits per heavy atom. The van der Waals surface area contributed by atoms with Crippen LogP contribution in [0.5, 0.6) is 0 Å². The molecule has 0 amide bonds. The van der Waals surface area contributed by atoms with E-state index in [9.17, 15) is 0 Å².